The zero-order valence-electron chi connectivity index (χ0n) is 12.0. The summed E-state index contributed by atoms with van der Waals surface area (Å²) in [6.07, 6.45) is 3.20. The maximum absolute atomic E-state index is 5.70. The lowest BCUT2D eigenvalue weighted by atomic mass is 10.1. The maximum Gasteiger partial charge on any atom is 0.162 e. The predicted octanol–water partition coefficient (Wildman–Crippen LogP) is 1.63. The molecule has 0 atom stereocenters. The second-order valence-electron chi connectivity index (χ2n) is 5.15. The molecule has 4 nitrogen and oxygen atoms in total. The molecule has 0 saturated carbocycles. The molecular weight excluding hydrogens is 272 g/mol. The maximum atomic E-state index is 5.70. The zero-order chi connectivity index (χ0) is 13.8. The van der Waals surface area contributed by atoms with Gasteiger partial charge in [0.2, 0.25) is 0 Å². The number of thioether (sulfide) groups is 1. The molecule has 20 heavy (non-hydrogen) atoms. The summed E-state index contributed by atoms with van der Waals surface area (Å²) < 4.78 is 11.4. The quantitative estimate of drug-likeness (QED) is 0.854. The normalized spacial score (nSPS) is 19.1. The number of fused-ring (bicyclic) bond motifs is 1. The zero-order valence-corrected chi connectivity index (χ0v) is 12.8. The third-order valence-electron chi connectivity index (χ3n) is 3.85. The molecule has 1 N–H and O–H groups in total. The second kappa shape index (κ2) is 6.70. The minimum Gasteiger partial charge on any atom is -0.486 e. The number of benzene rings is 1. The fourth-order valence-corrected chi connectivity index (χ4v) is 3.36. The molecule has 2 heterocycles. The highest BCUT2D eigenvalue weighted by Gasteiger charge is 2.16. The van der Waals surface area contributed by atoms with E-state index in [0.29, 0.717) is 13.2 Å². The molecule has 1 aromatic rings. The Kier molecular flexibility index (Phi) is 4.70. The fourth-order valence-electron chi connectivity index (χ4n) is 2.71. The number of nitrogens with one attached hydrogen (secondary N) is 1. The van der Waals surface area contributed by atoms with Crippen LogP contribution in [0.3, 0.4) is 0 Å². The van der Waals surface area contributed by atoms with Gasteiger partial charge in [0.25, 0.3) is 0 Å². The minimum atomic E-state index is 0.654. The highest BCUT2D eigenvalue weighted by molar-refractivity contribution is 7.98. The Hall–Kier alpha value is -0.910. The monoisotopic (exact) mass is 294 g/mol. The Bertz CT molecular complexity index is 461. The van der Waals surface area contributed by atoms with Crippen LogP contribution in [0.25, 0.3) is 0 Å². The minimum absolute atomic E-state index is 0.654. The lowest BCUT2D eigenvalue weighted by molar-refractivity contribution is 0.170. The summed E-state index contributed by atoms with van der Waals surface area (Å²) >= 11 is 1.79. The van der Waals surface area contributed by atoms with Gasteiger partial charge in [-0.25, -0.2) is 0 Å². The molecule has 1 aromatic carbocycles. The molecule has 2 aliphatic rings. The van der Waals surface area contributed by atoms with Crippen molar-refractivity contribution in [3.05, 3.63) is 17.7 Å². The molecule has 0 unspecified atom stereocenters. The molecule has 0 radical (unpaired) electrons. The fraction of sp³-hybridized carbons (Fsp3) is 0.600. The van der Waals surface area contributed by atoms with E-state index in [1.807, 2.05) is 0 Å². The van der Waals surface area contributed by atoms with Crippen molar-refractivity contribution in [3.8, 4) is 11.5 Å². The molecule has 0 spiro atoms. The van der Waals surface area contributed by atoms with E-state index < -0.39 is 0 Å². The molecular formula is C15H22N2O2S. The van der Waals surface area contributed by atoms with Gasteiger partial charge in [0, 0.05) is 37.6 Å². The van der Waals surface area contributed by atoms with E-state index in [0.717, 1.165) is 50.6 Å². The predicted molar refractivity (Wildman–Crippen MR) is 82.2 cm³/mol. The van der Waals surface area contributed by atoms with Gasteiger partial charge in [-0.2, -0.15) is 0 Å². The standard InChI is InChI=1S/C15H22N2O2S/c1-20-15-11-14-13(18-8-9-19-14)10-12(15)2-5-17-6-3-16-4-7-17/h10-11,16H,2-9H2,1H3. The Morgan fingerprint density at radius 1 is 1.15 bits per heavy atom. The van der Waals surface area contributed by atoms with Gasteiger partial charge >= 0.3 is 0 Å². The van der Waals surface area contributed by atoms with E-state index in [-0.39, 0.29) is 0 Å². The number of hydrogen-bond acceptors (Lipinski definition) is 5. The highest BCUT2D eigenvalue weighted by atomic mass is 32.2. The van der Waals surface area contributed by atoms with Crippen molar-refractivity contribution in [2.24, 2.45) is 0 Å². The van der Waals surface area contributed by atoms with Crippen LogP contribution in [0.1, 0.15) is 5.56 Å². The van der Waals surface area contributed by atoms with Gasteiger partial charge in [0.05, 0.1) is 0 Å². The molecule has 2 aliphatic heterocycles. The Morgan fingerprint density at radius 2 is 1.85 bits per heavy atom. The van der Waals surface area contributed by atoms with E-state index in [1.165, 1.54) is 10.5 Å². The lowest BCUT2D eigenvalue weighted by Gasteiger charge is -2.27. The molecule has 0 amide bonds. The van der Waals surface area contributed by atoms with E-state index >= 15 is 0 Å². The van der Waals surface area contributed by atoms with Crippen LogP contribution in [-0.4, -0.2) is 57.1 Å². The van der Waals surface area contributed by atoms with Gasteiger partial charge in [-0.1, -0.05) is 0 Å². The average Bonchev–Trinajstić information content (AvgIpc) is 2.53. The largest absolute Gasteiger partial charge is 0.486 e. The van der Waals surface area contributed by atoms with E-state index in [9.17, 15) is 0 Å². The smallest absolute Gasteiger partial charge is 0.162 e. The van der Waals surface area contributed by atoms with Gasteiger partial charge in [0.15, 0.2) is 11.5 Å². The number of rotatable bonds is 4. The summed E-state index contributed by atoms with van der Waals surface area (Å²) in [5.74, 6) is 1.80. The topological polar surface area (TPSA) is 33.7 Å². The first-order chi connectivity index (χ1) is 9.86. The first kappa shape index (κ1) is 14.0. The van der Waals surface area contributed by atoms with Crippen molar-refractivity contribution in [2.75, 3.05) is 52.2 Å². The summed E-state index contributed by atoms with van der Waals surface area (Å²) in [6, 6.07) is 4.30. The Balaban J connectivity index is 1.70. The van der Waals surface area contributed by atoms with Crippen molar-refractivity contribution in [2.45, 2.75) is 11.3 Å². The molecule has 5 heteroatoms. The number of hydrogen-bond donors (Lipinski definition) is 1. The van der Waals surface area contributed by atoms with Crippen LogP contribution in [0.5, 0.6) is 11.5 Å². The third-order valence-corrected chi connectivity index (χ3v) is 4.67. The number of nitrogens with zero attached hydrogens (tertiary/aromatic N) is 1. The average molecular weight is 294 g/mol. The van der Waals surface area contributed by atoms with Crippen LogP contribution in [0.2, 0.25) is 0 Å². The van der Waals surface area contributed by atoms with Crippen LogP contribution in [0, 0.1) is 0 Å². The van der Waals surface area contributed by atoms with Crippen LogP contribution in [-0.2, 0) is 6.42 Å². The van der Waals surface area contributed by atoms with Gasteiger partial charge in [-0.05, 0) is 30.4 Å². The van der Waals surface area contributed by atoms with E-state index in [1.54, 1.807) is 11.8 Å². The summed E-state index contributed by atoms with van der Waals surface area (Å²) in [7, 11) is 0. The van der Waals surface area contributed by atoms with Crippen LogP contribution >= 0.6 is 11.8 Å². The van der Waals surface area contributed by atoms with Crippen molar-refractivity contribution in [1.82, 2.24) is 10.2 Å². The summed E-state index contributed by atoms with van der Waals surface area (Å²) in [5.41, 5.74) is 1.38. The second-order valence-corrected chi connectivity index (χ2v) is 6.00. The first-order valence-corrected chi connectivity index (χ1v) is 8.49. The van der Waals surface area contributed by atoms with Crippen molar-refractivity contribution >= 4 is 11.8 Å². The molecule has 0 aromatic heterocycles. The Morgan fingerprint density at radius 3 is 2.55 bits per heavy atom. The SMILES string of the molecule is CSc1cc2c(cc1CCN1CCNCC1)OCCO2. The highest BCUT2D eigenvalue weighted by Crippen LogP contribution is 2.36. The van der Waals surface area contributed by atoms with Gasteiger partial charge in [0.1, 0.15) is 13.2 Å². The van der Waals surface area contributed by atoms with Crippen LogP contribution < -0.4 is 14.8 Å². The van der Waals surface area contributed by atoms with Crippen molar-refractivity contribution < 1.29 is 9.47 Å². The van der Waals surface area contributed by atoms with Crippen molar-refractivity contribution in [1.29, 1.82) is 0 Å². The molecule has 0 bridgehead atoms. The Labute approximate surface area is 124 Å². The number of ether oxygens (including phenoxy) is 2. The van der Waals surface area contributed by atoms with Crippen molar-refractivity contribution in [3.63, 3.8) is 0 Å². The van der Waals surface area contributed by atoms with Gasteiger partial charge in [-0.15, -0.1) is 11.8 Å². The van der Waals surface area contributed by atoms with Gasteiger partial charge in [-0.3, -0.25) is 0 Å². The molecule has 3 rings (SSSR count). The summed E-state index contributed by atoms with van der Waals surface area (Å²) in [4.78, 5) is 3.83. The first-order valence-electron chi connectivity index (χ1n) is 7.26. The summed E-state index contributed by atoms with van der Waals surface area (Å²) in [5, 5.41) is 3.39. The lowest BCUT2D eigenvalue weighted by Crippen LogP contribution is -2.44. The molecule has 0 aliphatic carbocycles. The van der Waals surface area contributed by atoms with Crippen LogP contribution in [0.15, 0.2) is 17.0 Å². The summed E-state index contributed by atoms with van der Waals surface area (Å²) in [6.45, 7) is 6.95. The third kappa shape index (κ3) is 3.22. The van der Waals surface area contributed by atoms with Gasteiger partial charge < -0.3 is 19.7 Å². The van der Waals surface area contributed by atoms with E-state index in [2.05, 4.69) is 28.6 Å². The molecule has 1 saturated heterocycles. The van der Waals surface area contributed by atoms with E-state index in [4.69, 9.17) is 9.47 Å². The number of piperazine rings is 1. The molecule has 1 fully saturated rings. The molecule has 110 valence electrons. The van der Waals surface area contributed by atoms with Crippen LogP contribution in [0.4, 0.5) is 0 Å².